The minimum absolute atomic E-state index is 1.20. The molecule has 0 saturated carbocycles. The first-order valence-corrected chi connectivity index (χ1v) is 13.9. The van der Waals surface area contributed by atoms with Gasteiger partial charge in [0.1, 0.15) is 0 Å². The van der Waals surface area contributed by atoms with Gasteiger partial charge in [0.25, 0.3) is 0 Å². The van der Waals surface area contributed by atoms with Crippen molar-refractivity contribution in [1.29, 1.82) is 0 Å². The zero-order chi connectivity index (χ0) is 25.4. The molecule has 0 bridgehead atoms. The molecule has 6 aromatic carbocycles. The Balaban J connectivity index is 1.44. The Labute approximate surface area is 224 Å². The molecule has 0 heterocycles. The third-order valence-corrected chi connectivity index (χ3v) is 9.28. The lowest BCUT2D eigenvalue weighted by molar-refractivity contribution is 0.840. The van der Waals surface area contributed by atoms with Gasteiger partial charge in [0.2, 0.25) is 0 Å². The first kappa shape index (κ1) is 21.9. The Morgan fingerprint density at radius 2 is 0.763 bits per heavy atom. The fraction of sp³-hybridized carbons (Fsp3) is 0.158. The third kappa shape index (κ3) is 3.16. The largest absolute Gasteiger partial charge is 0.0616 e. The number of hydrogen-bond donors (Lipinski definition) is 0. The van der Waals surface area contributed by atoms with E-state index in [0.29, 0.717) is 0 Å². The molecule has 0 unspecified atom stereocenters. The summed E-state index contributed by atoms with van der Waals surface area (Å²) in [4.78, 5) is 0. The molecule has 0 saturated heterocycles. The number of fused-ring (bicyclic) bond motifs is 4. The second-order valence-corrected chi connectivity index (χ2v) is 11.3. The molecule has 0 heteroatoms. The van der Waals surface area contributed by atoms with Gasteiger partial charge in [0, 0.05) is 0 Å². The summed E-state index contributed by atoms with van der Waals surface area (Å²) in [5.41, 5.74) is 16.8. The van der Waals surface area contributed by atoms with Crippen LogP contribution in [0, 0.1) is 13.8 Å². The van der Waals surface area contributed by atoms with Crippen LogP contribution in [0.15, 0.2) is 97.1 Å². The Hall–Kier alpha value is -4.16. The molecular weight excluding hydrogens is 456 g/mol. The van der Waals surface area contributed by atoms with Crippen LogP contribution in [0.25, 0.3) is 54.9 Å². The van der Waals surface area contributed by atoms with E-state index in [1.54, 1.807) is 0 Å². The molecule has 2 aliphatic carbocycles. The van der Waals surface area contributed by atoms with Crippen LogP contribution in [0.2, 0.25) is 0 Å². The van der Waals surface area contributed by atoms with E-state index in [1.807, 2.05) is 0 Å². The van der Waals surface area contributed by atoms with Gasteiger partial charge in [-0.1, -0.05) is 84.9 Å². The van der Waals surface area contributed by atoms with Gasteiger partial charge < -0.3 is 0 Å². The molecule has 38 heavy (non-hydrogen) atoms. The van der Waals surface area contributed by atoms with Crippen LogP contribution in [0.5, 0.6) is 0 Å². The first-order valence-electron chi connectivity index (χ1n) is 13.9. The molecular formula is C38H30. The van der Waals surface area contributed by atoms with Gasteiger partial charge in [-0.25, -0.2) is 0 Å². The zero-order valence-corrected chi connectivity index (χ0v) is 22.1. The quantitative estimate of drug-likeness (QED) is 0.233. The van der Waals surface area contributed by atoms with Crippen molar-refractivity contribution in [2.24, 2.45) is 0 Å². The molecule has 0 atom stereocenters. The fourth-order valence-corrected chi connectivity index (χ4v) is 6.81. The van der Waals surface area contributed by atoms with Crippen molar-refractivity contribution in [1.82, 2.24) is 0 Å². The van der Waals surface area contributed by atoms with Gasteiger partial charge in [-0.3, -0.25) is 0 Å². The van der Waals surface area contributed by atoms with Gasteiger partial charge in [0.15, 0.2) is 0 Å². The topological polar surface area (TPSA) is 0 Å². The summed E-state index contributed by atoms with van der Waals surface area (Å²) in [6, 6.07) is 37.1. The smallest absolute Gasteiger partial charge is 0.00926 e. The Bertz CT molecular complexity index is 1790. The normalized spacial score (nSPS) is 13.6. The highest BCUT2D eigenvalue weighted by Gasteiger charge is 2.20. The lowest BCUT2D eigenvalue weighted by Gasteiger charge is -2.23. The predicted octanol–water partition coefficient (Wildman–Crippen LogP) is 9.81. The molecule has 0 nitrogen and oxygen atoms in total. The monoisotopic (exact) mass is 486 g/mol. The van der Waals surface area contributed by atoms with Crippen LogP contribution in [0.3, 0.4) is 0 Å². The summed E-state index contributed by atoms with van der Waals surface area (Å²) < 4.78 is 0. The number of hydrogen-bond acceptors (Lipinski definition) is 0. The summed E-state index contributed by atoms with van der Waals surface area (Å²) in [6.07, 6.45) is 4.85. The molecule has 8 rings (SSSR count). The predicted molar refractivity (Wildman–Crippen MR) is 162 cm³/mol. The second-order valence-electron chi connectivity index (χ2n) is 11.3. The average molecular weight is 487 g/mol. The van der Waals surface area contributed by atoms with Crippen molar-refractivity contribution < 1.29 is 0 Å². The molecule has 182 valence electrons. The van der Waals surface area contributed by atoms with Gasteiger partial charge in [0.05, 0.1) is 0 Å². The highest BCUT2D eigenvalue weighted by Crippen LogP contribution is 2.44. The maximum Gasteiger partial charge on any atom is -0.00926 e. The van der Waals surface area contributed by atoms with E-state index >= 15 is 0 Å². The summed E-state index contributed by atoms with van der Waals surface area (Å²) in [5.74, 6) is 0. The van der Waals surface area contributed by atoms with Crippen LogP contribution in [-0.2, 0) is 25.7 Å². The van der Waals surface area contributed by atoms with Gasteiger partial charge in [-0.05, 0) is 140 Å². The maximum atomic E-state index is 2.47. The fourth-order valence-electron chi connectivity index (χ4n) is 6.81. The van der Waals surface area contributed by atoms with E-state index in [-0.39, 0.29) is 0 Å². The van der Waals surface area contributed by atoms with Crippen LogP contribution in [0.1, 0.15) is 33.4 Å². The minimum Gasteiger partial charge on any atom is -0.0616 e. The Kier molecular flexibility index (Phi) is 4.70. The van der Waals surface area contributed by atoms with Crippen LogP contribution >= 0.6 is 0 Å². The lowest BCUT2D eigenvalue weighted by Crippen LogP contribution is -2.07. The van der Waals surface area contributed by atoms with E-state index in [9.17, 15) is 0 Å². The number of rotatable bonds is 3. The van der Waals surface area contributed by atoms with Crippen molar-refractivity contribution >= 4 is 21.5 Å². The van der Waals surface area contributed by atoms with E-state index < -0.39 is 0 Å². The summed E-state index contributed by atoms with van der Waals surface area (Å²) in [5, 5.41) is 5.34. The lowest BCUT2D eigenvalue weighted by atomic mass is 9.81. The number of benzene rings is 6. The molecule has 0 N–H and O–H groups in total. The third-order valence-electron chi connectivity index (χ3n) is 9.28. The highest BCUT2D eigenvalue weighted by atomic mass is 14.2. The summed E-state index contributed by atoms with van der Waals surface area (Å²) >= 11 is 0. The van der Waals surface area contributed by atoms with Crippen molar-refractivity contribution in [3.8, 4) is 33.4 Å². The van der Waals surface area contributed by atoms with Crippen LogP contribution < -0.4 is 0 Å². The van der Waals surface area contributed by atoms with E-state index in [4.69, 9.17) is 0 Å². The summed E-state index contributed by atoms with van der Waals surface area (Å²) in [6.45, 7) is 4.59. The Morgan fingerprint density at radius 1 is 0.368 bits per heavy atom. The van der Waals surface area contributed by atoms with Gasteiger partial charge in [-0.2, -0.15) is 0 Å². The maximum absolute atomic E-state index is 2.47. The van der Waals surface area contributed by atoms with Crippen molar-refractivity contribution in [3.63, 3.8) is 0 Å². The van der Waals surface area contributed by atoms with Crippen LogP contribution in [0.4, 0.5) is 0 Å². The molecule has 0 aromatic heterocycles. The minimum atomic E-state index is 1.20. The second kappa shape index (κ2) is 8.17. The first-order chi connectivity index (χ1) is 18.7. The molecule has 6 aromatic rings. The molecule has 0 amide bonds. The number of aryl methyl sites for hydroxylation is 6. The van der Waals surface area contributed by atoms with E-state index in [2.05, 4.69) is 111 Å². The van der Waals surface area contributed by atoms with Gasteiger partial charge >= 0.3 is 0 Å². The van der Waals surface area contributed by atoms with Gasteiger partial charge in [-0.15, -0.1) is 0 Å². The highest BCUT2D eigenvalue weighted by molar-refractivity contribution is 6.10. The molecule has 2 aliphatic rings. The SMILES string of the molecule is Cc1c(-c2ccc3c(c2)CC3)cc(-c2cc(-c3ccc4c(c3)CC4)c(C)c3ccccc23)c2ccccc12. The van der Waals surface area contributed by atoms with Crippen molar-refractivity contribution in [2.45, 2.75) is 39.5 Å². The molecule has 0 radical (unpaired) electrons. The van der Waals surface area contributed by atoms with E-state index in [0.717, 1.165) is 0 Å². The van der Waals surface area contributed by atoms with E-state index in [1.165, 1.54) is 114 Å². The average Bonchev–Trinajstić information content (AvgIpc) is 2.92. The summed E-state index contributed by atoms with van der Waals surface area (Å²) in [7, 11) is 0. The van der Waals surface area contributed by atoms with Crippen molar-refractivity contribution in [3.05, 3.63) is 130 Å². The zero-order valence-electron chi connectivity index (χ0n) is 22.1. The van der Waals surface area contributed by atoms with Crippen LogP contribution in [-0.4, -0.2) is 0 Å². The molecule has 0 spiro atoms. The van der Waals surface area contributed by atoms with Crippen molar-refractivity contribution in [2.75, 3.05) is 0 Å². The molecule has 0 aliphatic heterocycles. The Morgan fingerprint density at radius 3 is 1.13 bits per heavy atom. The molecule has 0 fully saturated rings. The standard InChI is InChI=1S/C38H30/c1-23-31-7-3-5-9-33(31)37(21-35(23)29-17-13-25-11-15-27(25)19-29)38-22-36(24(2)32-8-4-6-10-34(32)38)30-18-14-26-12-16-28(26)20-30/h3-10,13-14,17-22H,11-12,15-16H2,1-2H3.